The SMILES string of the molecule is CC(C)(C)NC(=O)[C@@]1(S(=O)[O-])C=CC=CN1CC(O)C(Cc1ccccc1)NC(=O)OCc1ccccc1. The number of carbonyl (C=O) groups is 2. The molecule has 1 aliphatic heterocycles. The normalized spacial score (nSPS) is 19.3. The maximum absolute atomic E-state index is 13.2. The molecule has 0 spiro atoms. The first kappa shape index (κ1) is 29.1. The minimum Gasteiger partial charge on any atom is -0.770 e. The van der Waals surface area contributed by atoms with Gasteiger partial charge in [-0.25, -0.2) is 4.79 Å². The Kier molecular flexibility index (Phi) is 9.84. The number of aliphatic hydroxyl groups is 1. The molecule has 4 atom stereocenters. The third kappa shape index (κ3) is 7.77. The summed E-state index contributed by atoms with van der Waals surface area (Å²) in [5, 5.41) is 16.7. The molecular weight excluding hydrogens is 506 g/mol. The molecule has 3 unspecified atom stereocenters. The van der Waals surface area contributed by atoms with Crippen molar-refractivity contribution in [3.8, 4) is 0 Å². The highest BCUT2D eigenvalue weighted by Crippen LogP contribution is 2.27. The lowest BCUT2D eigenvalue weighted by molar-refractivity contribution is -0.127. The highest BCUT2D eigenvalue weighted by Gasteiger charge is 2.45. The van der Waals surface area contributed by atoms with Gasteiger partial charge in [0.05, 0.1) is 12.1 Å². The van der Waals surface area contributed by atoms with Crippen LogP contribution in [-0.2, 0) is 33.6 Å². The van der Waals surface area contributed by atoms with Gasteiger partial charge >= 0.3 is 6.09 Å². The number of β-amino-alcohol motifs (C(OH)–C–C–N with tert-alkyl or cyclic N) is 1. The maximum Gasteiger partial charge on any atom is 0.407 e. The fourth-order valence-electron chi connectivity index (χ4n) is 4.00. The van der Waals surface area contributed by atoms with Gasteiger partial charge in [-0.15, -0.1) is 0 Å². The largest absolute Gasteiger partial charge is 0.770 e. The Morgan fingerprint density at radius 2 is 1.66 bits per heavy atom. The van der Waals surface area contributed by atoms with Crippen LogP contribution in [0.2, 0.25) is 0 Å². The lowest BCUT2D eigenvalue weighted by Crippen LogP contribution is -2.64. The molecule has 1 aliphatic rings. The average Bonchev–Trinajstić information content (AvgIpc) is 2.87. The smallest absolute Gasteiger partial charge is 0.407 e. The number of hydrogen-bond acceptors (Lipinski definition) is 7. The van der Waals surface area contributed by atoms with Gasteiger partial charge in [-0.2, -0.15) is 0 Å². The van der Waals surface area contributed by atoms with E-state index in [0.717, 1.165) is 11.1 Å². The van der Waals surface area contributed by atoms with E-state index in [-0.39, 0.29) is 19.6 Å². The van der Waals surface area contributed by atoms with Gasteiger partial charge < -0.3 is 29.9 Å². The number of nitrogens with zero attached hydrogens (tertiary/aromatic N) is 1. The van der Waals surface area contributed by atoms with Crippen LogP contribution in [0.1, 0.15) is 31.9 Å². The first-order valence-electron chi connectivity index (χ1n) is 12.3. The van der Waals surface area contributed by atoms with Gasteiger partial charge in [0.2, 0.25) is 4.87 Å². The number of rotatable bonds is 10. The molecule has 0 saturated heterocycles. The van der Waals surface area contributed by atoms with Crippen molar-refractivity contribution < 1.29 is 28.2 Å². The van der Waals surface area contributed by atoms with Crippen molar-refractivity contribution in [2.45, 2.75) is 56.4 Å². The molecule has 10 heteroatoms. The summed E-state index contributed by atoms with van der Waals surface area (Å²) in [6, 6.07) is 17.6. The van der Waals surface area contributed by atoms with Crippen molar-refractivity contribution in [1.29, 1.82) is 0 Å². The quantitative estimate of drug-likeness (QED) is 0.395. The minimum atomic E-state index is -2.91. The van der Waals surface area contributed by atoms with Crippen LogP contribution in [-0.4, -0.2) is 59.9 Å². The lowest BCUT2D eigenvalue weighted by Gasteiger charge is -2.45. The number of ether oxygens (including phenoxy) is 1. The number of carbonyl (C=O) groups excluding carboxylic acids is 2. The minimum absolute atomic E-state index is 0.0474. The Morgan fingerprint density at radius 3 is 2.24 bits per heavy atom. The van der Waals surface area contributed by atoms with E-state index < -0.39 is 45.6 Å². The monoisotopic (exact) mass is 540 g/mol. The van der Waals surface area contributed by atoms with Crippen molar-refractivity contribution in [2.24, 2.45) is 0 Å². The van der Waals surface area contributed by atoms with E-state index in [1.807, 2.05) is 60.7 Å². The van der Waals surface area contributed by atoms with Gasteiger partial charge in [0.1, 0.15) is 6.61 Å². The van der Waals surface area contributed by atoms with Crippen LogP contribution in [0.25, 0.3) is 0 Å². The third-order valence-electron chi connectivity index (χ3n) is 5.86. The van der Waals surface area contributed by atoms with Crippen molar-refractivity contribution >= 4 is 23.1 Å². The Balaban J connectivity index is 1.80. The second-order valence-corrected chi connectivity index (χ2v) is 11.1. The van der Waals surface area contributed by atoms with E-state index in [1.54, 1.807) is 26.8 Å². The Hall–Kier alpha value is -3.47. The van der Waals surface area contributed by atoms with E-state index in [9.17, 15) is 23.5 Å². The molecule has 1 heterocycles. The summed E-state index contributed by atoms with van der Waals surface area (Å²) < 4.78 is 30.3. The molecule has 0 saturated carbocycles. The summed E-state index contributed by atoms with van der Waals surface area (Å²) in [6.45, 7) is 5.02. The molecule has 0 radical (unpaired) electrons. The summed E-state index contributed by atoms with van der Waals surface area (Å²) >= 11 is -2.91. The molecule has 204 valence electrons. The van der Waals surface area contributed by atoms with Gasteiger partial charge in [-0.1, -0.05) is 66.7 Å². The number of benzene rings is 2. The zero-order valence-corrected chi connectivity index (χ0v) is 22.5. The predicted molar refractivity (Wildman–Crippen MR) is 144 cm³/mol. The lowest BCUT2D eigenvalue weighted by atomic mass is 9.99. The molecular formula is C28H34N3O6S-. The van der Waals surface area contributed by atoms with E-state index in [4.69, 9.17) is 4.74 Å². The first-order chi connectivity index (χ1) is 18.0. The van der Waals surface area contributed by atoms with E-state index >= 15 is 0 Å². The standard InChI is InChI=1S/C28H35N3O6S/c1-27(2,3)30-25(33)28(38(35)36)16-10-11-17-31(28)19-24(32)23(18-21-12-6-4-7-13-21)29-26(34)37-20-22-14-8-5-9-15-22/h4-17,23-24,32H,18-20H2,1-3H3,(H,29,34)(H,30,33)(H,35,36)/p-1/t23?,24?,28-/m0/s1. The number of amides is 2. The zero-order valence-electron chi connectivity index (χ0n) is 21.7. The summed E-state index contributed by atoms with van der Waals surface area (Å²) in [5.74, 6) is -0.749. The molecule has 2 aromatic rings. The van der Waals surface area contributed by atoms with Gasteiger partial charge in [0, 0.05) is 18.3 Å². The van der Waals surface area contributed by atoms with Gasteiger partial charge in [0.25, 0.3) is 5.91 Å². The van der Waals surface area contributed by atoms with Crippen LogP contribution in [0.15, 0.2) is 85.1 Å². The van der Waals surface area contributed by atoms with Gasteiger partial charge in [-0.3, -0.25) is 9.00 Å². The van der Waals surface area contributed by atoms with Crippen molar-refractivity contribution in [3.63, 3.8) is 0 Å². The maximum atomic E-state index is 13.2. The van der Waals surface area contributed by atoms with E-state index in [2.05, 4.69) is 10.6 Å². The second kappa shape index (κ2) is 12.9. The van der Waals surface area contributed by atoms with Crippen molar-refractivity contribution in [1.82, 2.24) is 15.5 Å². The fraction of sp³-hybridized carbons (Fsp3) is 0.357. The second-order valence-electron chi connectivity index (χ2n) is 10.1. The molecule has 3 N–H and O–H groups in total. The number of allylic oxidation sites excluding steroid dienone is 2. The molecule has 2 amide bonds. The van der Waals surface area contributed by atoms with Gasteiger partial charge in [0.15, 0.2) is 0 Å². The molecule has 0 bridgehead atoms. The van der Waals surface area contributed by atoms with Crippen LogP contribution >= 0.6 is 0 Å². The summed E-state index contributed by atoms with van der Waals surface area (Å²) in [7, 11) is 0. The highest BCUT2D eigenvalue weighted by atomic mass is 32.2. The van der Waals surface area contributed by atoms with E-state index in [1.165, 1.54) is 23.3 Å². The van der Waals surface area contributed by atoms with Crippen LogP contribution in [0.4, 0.5) is 4.79 Å². The van der Waals surface area contributed by atoms with Crippen LogP contribution in [0.3, 0.4) is 0 Å². The predicted octanol–water partition coefficient (Wildman–Crippen LogP) is 2.76. The number of alkyl carbamates (subject to hydrolysis) is 1. The van der Waals surface area contributed by atoms with Crippen LogP contribution in [0.5, 0.6) is 0 Å². The Morgan fingerprint density at radius 1 is 1.05 bits per heavy atom. The molecule has 2 aromatic carbocycles. The Labute approximate surface area is 225 Å². The van der Waals surface area contributed by atoms with Crippen LogP contribution < -0.4 is 10.6 Å². The first-order valence-corrected chi connectivity index (χ1v) is 13.3. The zero-order chi connectivity index (χ0) is 27.8. The highest BCUT2D eigenvalue weighted by molar-refractivity contribution is 7.81. The summed E-state index contributed by atoms with van der Waals surface area (Å²) in [5.41, 5.74) is 0.960. The molecule has 0 aromatic heterocycles. The average molecular weight is 541 g/mol. The number of aliphatic hydroxyl groups excluding tert-OH is 1. The number of hydrogen-bond donors (Lipinski definition) is 3. The van der Waals surface area contributed by atoms with Gasteiger partial charge in [-0.05, 0) is 61.6 Å². The summed E-state index contributed by atoms with van der Waals surface area (Å²) in [6.07, 6.45) is 4.02. The summed E-state index contributed by atoms with van der Waals surface area (Å²) in [4.78, 5) is 25.1. The topological polar surface area (TPSA) is 131 Å². The van der Waals surface area contributed by atoms with E-state index in [0.29, 0.717) is 0 Å². The Bertz CT molecular complexity index is 1170. The fourth-order valence-corrected chi connectivity index (χ4v) is 4.72. The molecule has 0 fully saturated rings. The molecule has 3 rings (SSSR count). The van der Waals surface area contributed by atoms with Crippen molar-refractivity contribution in [3.05, 3.63) is 96.2 Å². The molecule has 0 aliphatic carbocycles. The molecule has 38 heavy (non-hydrogen) atoms. The third-order valence-corrected chi connectivity index (χ3v) is 6.92. The van der Waals surface area contributed by atoms with Crippen molar-refractivity contribution in [2.75, 3.05) is 6.54 Å². The number of nitrogens with one attached hydrogen (secondary N) is 2. The molecule has 9 nitrogen and oxygen atoms in total. The van der Waals surface area contributed by atoms with Crippen LogP contribution in [0, 0.1) is 0 Å².